The first-order valence-corrected chi connectivity index (χ1v) is 8.17. The molecule has 0 spiro atoms. The lowest BCUT2D eigenvalue weighted by Gasteiger charge is -2.12. The first-order valence-electron chi connectivity index (χ1n) is 7.41. The van der Waals surface area contributed by atoms with Crippen molar-refractivity contribution in [3.05, 3.63) is 75.9 Å². The minimum Gasteiger partial charge on any atom is -0.326 e. The molecule has 2 aromatic carbocycles. The van der Waals surface area contributed by atoms with Gasteiger partial charge in [-0.3, -0.25) is 15.0 Å². The Morgan fingerprint density at radius 2 is 1.76 bits per heavy atom. The van der Waals surface area contributed by atoms with Crippen LogP contribution in [-0.2, 0) is 4.79 Å². The Labute approximate surface area is 156 Å². The highest BCUT2D eigenvalue weighted by Gasteiger charge is 2.10. The molecule has 0 saturated carbocycles. The Hall–Kier alpha value is -2.50. The average molecular weight is 378 g/mol. The lowest BCUT2D eigenvalue weighted by Crippen LogP contribution is -2.37. The largest absolute Gasteiger partial charge is 0.326 e. The summed E-state index contributed by atoms with van der Waals surface area (Å²) in [4.78, 5) is 24.1. The van der Waals surface area contributed by atoms with Gasteiger partial charge in [0.1, 0.15) is 0 Å². The maximum atomic E-state index is 12.1. The molecule has 25 heavy (non-hydrogen) atoms. The third kappa shape index (κ3) is 5.52. The van der Waals surface area contributed by atoms with E-state index in [-0.39, 0.29) is 18.2 Å². The maximum Gasteiger partial charge on any atom is 0.269 e. The lowest BCUT2D eigenvalue weighted by molar-refractivity contribution is -0.115. The molecule has 2 aromatic rings. The number of hydrazine groups is 1. The van der Waals surface area contributed by atoms with Gasteiger partial charge in [0.2, 0.25) is 5.91 Å². The highest BCUT2D eigenvalue weighted by Crippen LogP contribution is 2.25. The van der Waals surface area contributed by atoms with Crippen molar-refractivity contribution >= 4 is 40.7 Å². The number of aryl methyl sites for hydroxylation is 1. The van der Waals surface area contributed by atoms with Crippen molar-refractivity contribution in [3.8, 4) is 0 Å². The zero-order valence-corrected chi connectivity index (χ0v) is 15.0. The van der Waals surface area contributed by atoms with Gasteiger partial charge in [-0.15, -0.1) is 0 Å². The zero-order chi connectivity index (χ0) is 18.4. The maximum absolute atomic E-state index is 12.1. The van der Waals surface area contributed by atoms with Gasteiger partial charge >= 0.3 is 0 Å². The normalized spacial score (nSPS) is 10.0. The molecule has 0 saturated heterocycles. The first kappa shape index (κ1) is 18.8. The quantitative estimate of drug-likeness (QED) is 0.664. The van der Waals surface area contributed by atoms with Crippen LogP contribution in [-0.4, -0.2) is 11.8 Å². The molecule has 5 nitrogen and oxygen atoms in total. The van der Waals surface area contributed by atoms with E-state index in [1.807, 2.05) is 19.1 Å². The fraction of sp³-hybridized carbons (Fsp3) is 0.111. The van der Waals surface area contributed by atoms with E-state index in [9.17, 15) is 9.59 Å². The van der Waals surface area contributed by atoms with E-state index in [0.717, 1.165) is 5.56 Å². The molecular formula is C18H17Cl2N3O2. The van der Waals surface area contributed by atoms with E-state index in [0.29, 0.717) is 27.0 Å². The number of carbonyl (C=O) groups is 2. The fourth-order valence-electron chi connectivity index (χ4n) is 2.06. The monoisotopic (exact) mass is 377 g/mol. The van der Waals surface area contributed by atoms with Crippen LogP contribution in [0, 0.1) is 6.92 Å². The number of carbonyl (C=O) groups excluding carboxylic acids is 2. The summed E-state index contributed by atoms with van der Waals surface area (Å²) in [7, 11) is 0. The number of hydrogen-bond donors (Lipinski definition) is 3. The second-order valence-electron chi connectivity index (χ2n) is 5.35. The molecule has 2 rings (SSSR count). The molecule has 0 unspecified atom stereocenters. The molecule has 0 aliphatic carbocycles. The van der Waals surface area contributed by atoms with Crippen LogP contribution in [0.2, 0.25) is 10.0 Å². The summed E-state index contributed by atoms with van der Waals surface area (Å²) in [5, 5.41) is 3.43. The number of rotatable bonds is 6. The number of nitrogens with one attached hydrogen (secondary N) is 3. The summed E-state index contributed by atoms with van der Waals surface area (Å²) in [6, 6.07) is 12.0. The van der Waals surface area contributed by atoms with Gasteiger partial charge in [0.25, 0.3) is 5.91 Å². The Balaban J connectivity index is 1.83. The van der Waals surface area contributed by atoms with Gasteiger partial charge in [-0.1, -0.05) is 48.0 Å². The van der Waals surface area contributed by atoms with Crippen molar-refractivity contribution in [2.45, 2.75) is 13.3 Å². The van der Waals surface area contributed by atoms with Gasteiger partial charge in [0.15, 0.2) is 0 Å². The fourth-order valence-corrected chi connectivity index (χ4v) is 2.36. The topological polar surface area (TPSA) is 70.2 Å². The van der Waals surface area contributed by atoms with Crippen LogP contribution in [0.1, 0.15) is 22.3 Å². The third-order valence-electron chi connectivity index (χ3n) is 3.32. The predicted molar refractivity (Wildman–Crippen MR) is 101 cm³/mol. The van der Waals surface area contributed by atoms with Gasteiger partial charge in [-0.05, 0) is 36.8 Å². The highest BCUT2D eigenvalue weighted by molar-refractivity contribution is 6.42. The molecular weight excluding hydrogens is 361 g/mol. The van der Waals surface area contributed by atoms with Crippen LogP contribution in [0.15, 0.2) is 54.7 Å². The average Bonchev–Trinajstić information content (AvgIpc) is 2.56. The Morgan fingerprint density at radius 3 is 2.44 bits per heavy atom. The van der Waals surface area contributed by atoms with E-state index < -0.39 is 0 Å². The SMILES string of the molecule is C=C(CC(=O)Nc1ccc(Cl)c(Cl)c1)NNC(=O)c1ccccc1C. The molecule has 0 bridgehead atoms. The van der Waals surface area contributed by atoms with Crippen LogP contribution in [0.3, 0.4) is 0 Å². The van der Waals surface area contributed by atoms with Gasteiger partial charge < -0.3 is 10.7 Å². The summed E-state index contributed by atoms with van der Waals surface area (Å²) in [6.45, 7) is 5.56. The van der Waals surface area contributed by atoms with Crippen molar-refractivity contribution in [1.29, 1.82) is 0 Å². The van der Waals surface area contributed by atoms with E-state index in [1.54, 1.807) is 30.3 Å². The number of anilines is 1. The van der Waals surface area contributed by atoms with Crippen LogP contribution in [0.5, 0.6) is 0 Å². The molecule has 0 aliphatic rings. The summed E-state index contributed by atoms with van der Waals surface area (Å²) < 4.78 is 0. The van der Waals surface area contributed by atoms with E-state index >= 15 is 0 Å². The molecule has 0 atom stereocenters. The molecule has 2 amide bonds. The van der Waals surface area contributed by atoms with E-state index in [4.69, 9.17) is 23.2 Å². The van der Waals surface area contributed by atoms with Crippen molar-refractivity contribution in [2.24, 2.45) is 0 Å². The molecule has 0 fully saturated rings. The van der Waals surface area contributed by atoms with Gasteiger partial charge in [0, 0.05) is 16.9 Å². The highest BCUT2D eigenvalue weighted by atomic mass is 35.5. The number of amides is 2. The van der Waals surface area contributed by atoms with Crippen LogP contribution in [0.4, 0.5) is 5.69 Å². The minimum absolute atomic E-state index is 0.0195. The van der Waals surface area contributed by atoms with Crippen LogP contribution in [0.25, 0.3) is 0 Å². The second-order valence-corrected chi connectivity index (χ2v) is 6.17. The zero-order valence-electron chi connectivity index (χ0n) is 13.5. The second kappa shape index (κ2) is 8.55. The van der Waals surface area contributed by atoms with Gasteiger partial charge in [-0.25, -0.2) is 0 Å². The smallest absolute Gasteiger partial charge is 0.269 e. The number of hydrogen-bond acceptors (Lipinski definition) is 3. The molecule has 0 aromatic heterocycles. The molecule has 130 valence electrons. The van der Waals surface area contributed by atoms with Crippen molar-refractivity contribution < 1.29 is 9.59 Å². The Morgan fingerprint density at radius 1 is 1.04 bits per heavy atom. The van der Waals surface area contributed by atoms with Crippen LogP contribution < -0.4 is 16.2 Å². The van der Waals surface area contributed by atoms with Crippen molar-refractivity contribution in [2.75, 3.05) is 5.32 Å². The standard InChI is InChI=1S/C18H17Cl2N3O2/c1-11-5-3-4-6-14(11)18(25)23-22-12(2)9-17(24)21-13-7-8-15(19)16(20)10-13/h3-8,10,22H,2,9H2,1H3,(H,21,24)(H,23,25). The molecule has 0 radical (unpaired) electrons. The van der Waals surface area contributed by atoms with E-state index in [2.05, 4.69) is 22.7 Å². The van der Waals surface area contributed by atoms with Crippen LogP contribution >= 0.6 is 23.2 Å². The Bertz CT molecular complexity index is 822. The first-order chi connectivity index (χ1) is 11.9. The lowest BCUT2D eigenvalue weighted by atomic mass is 10.1. The summed E-state index contributed by atoms with van der Waals surface area (Å²) >= 11 is 11.7. The third-order valence-corrected chi connectivity index (χ3v) is 4.06. The van der Waals surface area contributed by atoms with Crippen molar-refractivity contribution in [3.63, 3.8) is 0 Å². The van der Waals surface area contributed by atoms with Gasteiger partial charge in [0.05, 0.1) is 16.5 Å². The summed E-state index contributed by atoms with van der Waals surface area (Å²) in [6.07, 6.45) is -0.0195. The molecule has 0 aliphatic heterocycles. The molecule has 3 N–H and O–H groups in total. The number of halogens is 2. The molecule has 7 heteroatoms. The van der Waals surface area contributed by atoms with E-state index in [1.165, 1.54) is 0 Å². The van der Waals surface area contributed by atoms with Gasteiger partial charge in [-0.2, -0.15) is 0 Å². The predicted octanol–water partition coefficient (Wildman–Crippen LogP) is 4.08. The Kier molecular flexibility index (Phi) is 6.44. The summed E-state index contributed by atoms with van der Waals surface area (Å²) in [5.74, 6) is -0.606. The molecule has 0 heterocycles. The minimum atomic E-state index is -0.305. The van der Waals surface area contributed by atoms with Crippen molar-refractivity contribution in [1.82, 2.24) is 10.9 Å². The summed E-state index contributed by atoms with van der Waals surface area (Å²) in [5.41, 5.74) is 7.43. The number of benzene rings is 2.